The van der Waals surface area contributed by atoms with Crippen molar-refractivity contribution in [2.75, 3.05) is 13.7 Å². The van der Waals surface area contributed by atoms with Gasteiger partial charge in [0.25, 0.3) is 5.56 Å². The fraction of sp³-hybridized carbons (Fsp3) is 0.276. The zero-order chi connectivity index (χ0) is 30.8. The summed E-state index contributed by atoms with van der Waals surface area (Å²) < 4.78 is 81.6. The van der Waals surface area contributed by atoms with Crippen molar-refractivity contribution in [2.45, 2.75) is 49.3 Å². The summed E-state index contributed by atoms with van der Waals surface area (Å²) in [6, 6.07) is 8.26. The Bertz CT molecular complexity index is 1760. The maximum absolute atomic E-state index is 14.2. The largest absolute Gasteiger partial charge is 0.493 e. The minimum absolute atomic E-state index is 0.0199. The molecule has 0 fully saturated rings. The third-order valence-corrected chi connectivity index (χ3v) is 8.26. The number of rotatable bonds is 10. The molecule has 0 bridgehead atoms. The second-order valence-corrected chi connectivity index (χ2v) is 11.6. The monoisotopic (exact) mass is 603 g/mol. The molecule has 13 heteroatoms. The molecule has 2 aromatic carbocycles. The van der Waals surface area contributed by atoms with Crippen LogP contribution in [0.1, 0.15) is 36.8 Å². The molecule has 0 spiro atoms. The lowest BCUT2D eigenvalue weighted by atomic mass is 10.0. The van der Waals surface area contributed by atoms with Crippen molar-refractivity contribution in [3.05, 3.63) is 99.6 Å². The second-order valence-electron chi connectivity index (χ2n) is 9.69. The van der Waals surface area contributed by atoms with E-state index in [-0.39, 0.29) is 41.2 Å². The molecule has 1 unspecified atom stereocenters. The Balaban J connectivity index is 1.90. The van der Waals surface area contributed by atoms with Gasteiger partial charge in [-0.2, -0.15) is 9.37 Å². The number of methoxy groups -OCH3 is 1. The normalized spacial score (nSPS) is 12.6. The van der Waals surface area contributed by atoms with Crippen LogP contribution >= 0.6 is 0 Å². The molecule has 42 heavy (non-hydrogen) atoms. The van der Waals surface area contributed by atoms with Crippen LogP contribution in [-0.4, -0.2) is 47.9 Å². The molecule has 4 aromatic rings. The van der Waals surface area contributed by atoms with Crippen molar-refractivity contribution in [3.8, 4) is 17.0 Å². The van der Waals surface area contributed by atoms with E-state index in [1.165, 1.54) is 44.5 Å². The van der Waals surface area contributed by atoms with Crippen LogP contribution in [0.3, 0.4) is 0 Å². The van der Waals surface area contributed by atoms with Gasteiger partial charge in [0.1, 0.15) is 24.1 Å². The minimum Gasteiger partial charge on any atom is -0.493 e. The Hall–Kier alpha value is -4.07. The first kappa shape index (κ1) is 30.9. The first-order chi connectivity index (χ1) is 19.8. The number of sulfone groups is 1. The Morgan fingerprint density at radius 2 is 1.67 bits per heavy atom. The summed E-state index contributed by atoms with van der Waals surface area (Å²) in [6.45, 7) is 4.32. The molecule has 0 amide bonds. The number of ether oxygens (including phenoxy) is 2. The van der Waals surface area contributed by atoms with Gasteiger partial charge >= 0.3 is 0 Å². The van der Waals surface area contributed by atoms with E-state index in [1.807, 2.05) is 0 Å². The molecule has 4 rings (SSSR count). The highest BCUT2D eigenvalue weighted by Gasteiger charge is 2.33. The molecular weight excluding hydrogens is 575 g/mol. The molecular formula is C29H28F3N3O6S. The zero-order valence-electron chi connectivity index (χ0n) is 23.1. The molecule has 0 saturated heterocycles. The van der Waals surface area contributed by atoms with Crippen molar-refractivity contribution in [3.63, 3.8) is 0 Å². The van der Waals surface area contributed by atoms with Gasteiger partial charge in [0, 0.05) is 24.9 Å². The topological polar surface area (TPSA) is 121 Å². The van der Waals surface area contributed by atoms with Crippen LogP contribution in [0.25, 0.3) is 11.1 Å². The molecule has 0 radical (unpaired) electrons. The molecule has 9 nitrogen and oxygen atoms in total. The Labute approximate surface area is 240 Å². The summed E-state index contributed by atoms with van der Waals surface area (Å²) in [4.78, 5) is 19.2. The molecule has 1 atom stereocenters. The third-order valence-electron chi connectivity index (χ3n) is 6.47. The Morgan fingerprint density at radius 3 is 2.26 bits per heavy atom. The zero-order valence-corrected chi connectivity index (χ0v) is 24.0. The SMILES string of the molecule is COCC(c1cc(F)cc(F)c1)n1c(COC(C)C)nc(=O)c(S(=O)(=O)c2ccc(-c3ccnc(F)c3C)cc2)c1O. The first-order valence-electron chi connectivity index (χ1n) is 12.7. The van der Waals surface area contributed by atoms with E-state index in [2.05, 4.69) is 9.97 Å². The van der Waals surface area contributed by atoms with Gasteiger partial charge in [-0.1, -0.05) is 12.1 Å². The molecule has 0 aliphatic rings. The number of hydrogen-bond donors (Lipinski definition) is 1. The van der Waals surface area contributed by atoms with E-state index < -0.39 is 49.8 Å². The fourth-order valence-corrected chi connectivity index (χ4v) is 5.80. The van der Waals surface area contributed by atoms with Crippen LogP contribution in [-0.2, 0) is 25.9 Å². The number of pyridine rings is 1. The van der Waals surface area contributed by atoms with E-state index in [4.69, 9.17) is 9.47 Å². The van der Waals surface area contributed by atoms with Gasteiger partial charge in [-0.15, -0.1) is 0 Å². The van der Waals surface area contributed by atoms with Crippen molar-refractivity contribution in [1.82, 2.24) is 14.5 Å². The highest BCUT2D eigenvalue weighted by Crippen LogP contribution is 2.33. The predicted octanol–water partition coefficient (Wildman–Crippen LogP) is 4.73. The Morgan fingerprint density at radius 1 is 1.02 bits per heavy atom. The lowest BCUT2D eigenvalue weighted by Crippen LogP contribution is -2.30. The van der Waals surface area contributed by atoms with Gasteiger partial charge in [0.2, 0.25) is 21.7 Å². The maximum atomic E-state index is 14.2. The number of benzene rings is 2. The average Bonchev–Trinajstić information content (AvgIpc) is 2.92. The van der Waals surface area contributed by atoms with Crippen molar-refractivity contribution in [2.24, 2.45) is 0 Å². The molecule has 222 valence electrons. The van der Waals surface area contributed by atoms with Gasteiger partial charge < -0.3 is 14.6 Å². The lowest BCUT2D eigenvalue weighted by molar-refractivity contribution is 0.0554. The summed E-state index contributed by atoms with van der Waals surface area (Å²) in [7, 11) is -3.40. The summed E-state index contributed by atoms with van der Waals surface area (Å²) in [5, 5.41) is 11.4. The van der Waals surface area contributed by atoms with E-state index in [0.717, 1.165) is 16.7 Å². The van der Waals surface area contributed by atoms with E-state index >= 15 is 0 Å². The van der Waals surface area contributed by atoms with Gasteiger partial charge in [-0.05, 0) is 67.8 Å². The highest BCUT2D eigenvalue weighted by atomic mass is 32.2. The summed E-state index contributed by atoms with van der Waals surface area (Å²) >= 11 is 0. The molecule has 1 N–H and O–H groups in total. The van der Waals surface area contributed by atoms with Crippen LogP contribution < -0.4 is 5.56 Å². The van der Waals surface area contributed by atoms with Crippen LogP contribution in [0.15, 0.2) is 69.3 Å². The van der Waals surface area contributed by atoms with Gasteiger partial charge in [-0.25, -0.2) is 22.2 Å². The summed E-state index contributed by atoms with van der Waals surface area (Å²) in [6.07, 6.45) is 0.935. The van der Waals surface area contributed by atoms with Crippen LogP contribution in [0.4, 0.5) is 13.2 Å². The minimum atomic E-state index is -4.70. The van der Waals surface area contributed by atoms with Crippen LogP contribution in [0, 0.1) is 24.5 Å². The van der Waals surface area contributed by atoms with Gasteiger partial charge in [0.05, 0.1) is 23.6 Å². The second kappa shape index (κ2) is 12.4. The van der Waals surface area contributed by atoms with Crippen molar-refractivity contribution in [1.29, 1.82) is 0 Å². The first-order valence-corrected chi connectivity index (χ1v) is 14.2. The molecule has 2 aromatic heterocycles. The highest BCUT2D eigenvalue weighted by molar-refractivity contribution is 7.91. The molecule has 0 aliphatic carbocycles. The smallest absolute Gasteiger partial charge is 0.296 e. The van der Waals surface area contributed by atoms with Crippen molar-refractivity contribution < 1.29 is 36.2 Å². The van der Waals surface area contributed by atoms with E-state index in [9.17, 15) is 31.5 Å². The number of halogens is 3. The van der Waals surface area contributed by atoms with Crippen LogP contribution in [0.2, 0.25) is 0 Å². The van der Waals surface area contributed by atoms with Gasteiger partial charge in [-0.3, -0.25) is 9.36 Å². The number of nitrogens with zero attached hydrogens (tertiary/aromatic N) is 3. The average molecular weight is 604 g/mol. The number of aromatic nitrogens is 3. The van der Waals surface area contributed by atoms with Crippen molar-refractivity contribution >= 4 is 9.84 Å². The number of aromatic hydroxyl groups is 1. The van der Waals surface area contributed by atoms with Crippen LogP contribution in [0.5, 0.6) is 5.88 Å². The third kappa shape index (κ3) is 6.22. The van der Waals surface area contributed by atoms with Gasteiger partial charge in [0.15, 0.2) is 4.90 Å². The van der Waals surface area contributed by atoms with E-state index in [0.29, 0.717) is 17.2 Å². The maximum Gasteiger partial charge on any atom is 0.296 e. The predicted molar refractivity (Wildman–Crippen MR) is 146 cm³/mol. The standard InChI is InChI=1S/C29H28F3N3O6S/c1-16(2)41-15-25-34-28(36)26(29(37)35(25)24(14-40-4)19-11-20(30)13-21(31)12-19)42(38,39)22-7-5-18(6-8-22)23-9-10-33-27(32)17(23)3/h5-13,16,24,37H,14-15H2,1-4H3. The quantitative estimate of drug-likeness (QED) is 0.259. The Kier molecular flexibility index (Phi) is 9.14. The molecule has 2 heterocycles. The fourth-order valence-electron chi connectivity index (χ4n) is 4.45. The summed E-state index contributed by atoms with van der Waals surface area (Å²) in [5.74, 6) is -3.72. The molecule has 0 saturated carbocycles. The number of hydrogen-bond acceptors (Lipinski definition) is 8. The molecule has 0 aliphatic heterocycles. The summed E-state index contributed by atoms with van der Waals surface area (Å²) in [5.41, 5.74) is -0.0491. The van der Waals surface area contributed by atoms with E-state index in [1.54, 1.807) is 19.9 Å². The lowest BCUT2D eigenvalue weighted by Gasteiger charge is -2.26.